The lowest BCUT2D eigenvalue weighted by Crippen LogP contribution is -2.47. The molecule has 1 aromatic rings. The predicted octanol–water partition coefficient (Wildman–Crippen LogP) is 2.75. The minimum atomic E-state index is -0.652. The first-order chi connectivity index (χ1) is 17.0. The summed E-state index contributed by atoms with van der Waals surface area (Å²) in [7, 11) is -0.503. The van der Waals surface area contributed by atoms with Gasteiger partial charge < -0.3 is 29.2 Å². The highest BCUT2D eigenvalue weighted by molar-refractivity contribution is 6.61. The van der Waals surface area contributed by atoms with Crippen molar-refractivity contribution in [2.45, 2.75) is 105 Å². The number of carbonyl (C=O) groups is 2. The van der Waals surface area contributed by atoms with Gasteiger partial charge in [0.15, 0.2) is 0 Å². The molecule has 0 saturated carbocycles. The molecule has 37 heavy (non-hydrogen) atoms. The van der Waals surface area contributed by atoms with Crippen molar-refractivity contribution < 1.29 is 23.6 Å². The quantitative estimate of drug-likeness (QED) is 0.551. The van der Waals surface area contributed by atoms with E-state index in [4.69, 9.17) is 14.0 Å². The first kappa shape index (κ1) is 29.2. The number of hydrogen-bond acceptors (Lipinski definition) is 8. The summed E-state index contributed by atoms with van der Waals surface area (Å²) in [4.78, 5) is 38.2. The topological polar surface area (TPSA) is 106 Å². The van der Waals surface area contributed by atoms with E-state index < -0.39 is 36.1 Å². The highest BCUT2D eigenvalue weighted by Crippen LogP contribution is 2.36. The Hall–Kier alpha value is -2.40. The lowest BCUT2D eigenvalue weighted by atomic mass is 9.81. The summed E-state index contributed by atoms with van der Waals surface area (Å²) >= 11 is 0. The van der Waals surface area contributed by atoms with Gasteiger partial charge in [-0.15, -0.1) is 0 Å². The number of likely N-dealkylation sites (tertiary alicyclic amines) is 1. The third kappa shape index (κ3) is 7.13. The zero-order chi connectivity index (χ0) is 27.8. The van der Waals surface area contributed by atoms with Crippen molar-refractivity contribution >= 4 is 30.5 Å². The Balaban J connectivity index is 1.58. The number of anilines is 1. The molecule has 0 aromatic carbocycles. The zero-order valence-electron chi connectivity index (χ0n) is 24.1. The second-order valence-electron chi connectivity index (χ2n) is 12.5. The molecule has 3 rings (SSSR count). The van der Waals surface area contributed by atoms with Crippen LogP contribution in [0.25, 0.3) is 0 Å². The molecule has 2 saturated heterocycles. The van der Waals surface area contributed by atoms with Gasteiger partial charge in [0.2, 0.25) is 11.9 Å². The fourth-order valence-corrected chi connectivity index (χ4v) is 4.38. The molecule has 0 spiro atoms. The highest BCUT2D eigenvalue weighted by atomic mass is 16.7. The number of nitrogens with zero attached hydrogens (tertiary/aromatic N) is 4. The largest absolute Gasteiger partial charge is 0.498 e. The number of aromatic nitrogens is 2. The predicted molar refractivity (Wildman–Crippen MR) is 144 cm³/mol. The SMILES string of the molecule is CC(C)N(C[C@H]1CCN(C(=O)[C@@H](C)NC(=O)OC(C)(C)C)C1)c1ncc(B2OC(C)(C)C(C)(C)O2)cn1. The number of alkyl carbamates (subject to hydrolysis) is 1. The van der Waals surface area contributed by atoms with E-state index in [2.05, 4.69) is 34.0 Å². The zero-order valence-corrected chi connectivity index (χ0v) is 24.1. The highest BCUT2D eigenvalue weighted by Gasteiger charge is 2.52. The van der Waals surface area contributed by atoms with Crippen molar-refractivity contribution in [3.05, 3.63) is 12.4 Å². The third-order valence-corrected chi connectivity index (χ3v) is 7.22. The van der Waals surface area contributed by atoms with Crippen LogP contribution in [0.15, 0.2) is 12.4 Å². The number of ether oxygens (including phenoxy) is 1. The van der Waals surface area contributed by atoms with Gasteiger partial charge in [0.05, 0.1) is 11.2 Å². The molecule has 0 bridgehead atoms. The molecule has 0 unspecified atom stereocenters. The van der Waals surface area contributed by atoms with E-state index in [9.17, 15) is 9.59 Å². The molecule has 2 fully saturated rings. The summed E-state index contributed by atoms with van der Waals surface area (Å²) in [5.74, 6) is 0.805. The molecule has 2 amide bonds. The average molecular weight is 517 g/mol. The van der Waals surface area contributed by atoms with Gasteiger partial charge >= 0.3 is 13.2 Å². The minimum absolute atomic E-state index is 0.104. The molecule has 0 radical (unpaired) electrons. The van der Waals surface area contributed by atoms with Gasteiger partial charge in [0.1, 0.15) is 11.6 Å². The number of nitrogens with one attached hydrogen (secondary N) is 1. The Morgan fingerprint density at radius 2 is 1.73 bits per heavy atom. The van der Waals surface area contributed by atoms with Gasteiger partial charge in [0, 0.05) is 43.5 Å². The molecule has 1 N–H and O–H groups in total. The second kappa shape index (κ2) is 10.8. The van der Waals surface area contributed by atoms with Gasteiger partial charge in [-0.1, -0.05) is 0 Å². The Morgan fingerprint density at radius 3 is 2.24 bits per heavy atom. The molecular weight excluding hydrogens is 473 g/mol. The van der Waals surface area contributed by atoms with Crippen LogP contribution in [0, 0.1) is 5.92 Å². The Morgan fingerprint density at radius 1 is 1.16 bits per heavy atom. The Kier molecular flexibility index (Phi) is 8.49. The van der Waals surface area contributed by atoms with Crippen LogP contribution < -0.4 is 15.7 Å². The van der Waals surface area contributed by atoms with Crippen LogP contribution in [0.1, 0.15) is 75.7 Å². The third-order valence-electron chi connectivity index (χ3n) is 7.22. The van der Waals surface area contributed by atoms with Gasteiger partial charge in [-0.3, -0.25) is 4.79 Å². The smallest absolute Gasteiger partial charge is 0.444 e. The van der Waals surface area contributed by atoms with Crippen molar-refractivity contribution in [3.63, 3.8) is 0 Å². The number of rotatable bonds is 7. The molecule has 0 aliphatic carbocycles. The van der Waals surface area contributed by atoms with Crippen LogP contribution in [-0.4, -0.2) is 82.5 Å². The van der Waals surface area contributed by atoms with E-state index in [1.807, 2.05) is 32.6 Å². The molecular formula is C26H44BN5O5. The van der Waals surface area contributed by atoms with Crippen LogP contribution in [0.2, 0.25) is 0 Å². The van der Waals surface area contributed by atoms with Crippen molar-refractivity contribution in [3.8, 4) is 0 Å². The number of carbonyl (C=O) groups excluding carboxylic acids is 2. The normalized spacial score (nSPS) is 21.8. The van der Waals surface area contributed by atoms with Gasteiger partial charge in [-0.2, -0.15) is 0 Å². The summed E-state index contributed by atoms with van der Waals surface area (Å²) in [6.07, 6.45) is 3.83. The molecule has 206 valence electrons. The maximum atomic E-state index is 12.9. The van der Waals surface area contributed by atoms with E-state index >= 15 is 0 Å². The van der Waals surface area contributed by atoms with Crippen molar-refractivity contribution in [2.24, 2.45) is 5.92 Å². The summed E-state index contributed by atoms with van der Waals surface area (Å²) in [6, 6.07) is -0.471. The number of amides is 2. The van der Waals surface area contributed by atoms with E-state index in [1.54, 1.807) is 40.1 Å². The number of hydrogen-bond donors (Lipinski definition) is 1. The molecule has 3 heterocycles. The van der Waals surface area contributed by atoms with Crippen LogP contribution in [0.3, 0.4) is 0 Å². The summed E-state index contributed by atoms with van der Waals surface area (Å²) in [5, 5.41) is 2.65. The molecule has 1 aromatic heterocycles. The average Bonchev–Trinajstić information content (AvgIpc) is 3.31. The first-order valence-electron chi connectivity index (χ1n) is 13.2. The maximum Gasteiger partial charge on any atom is 0.498 e. The molecule has 11 heteroatoms. The summed E-state index contributed by atoms with van der Waals surface area (Å²) in [5.41, 5.74) is -0.677. The molecule has 2 atom stereocenters. The molecule has 2 aliphatic heterocycles. The van der Waals surface area contributed by atoms with Gasteiger partial charge in [-0.05, 0) is 81.6 Å². The van der Waals surface area contributed by atoms with Crippen molar-refractivity contribution in [2.75, 3.05) is 24.5 Å². The van der Waals surface area contributed by atoms with Crippen LogP contribution in [0.4, 0.5) is 10.7 Å². The van der Waals surface area contributed by atoms with Crippen molar-refractivity contribution in [1.82, 2.24) is 20.2 Å². The van der Waals surface area contributed by atoms with Crippen molar-refractivity contribution in [1.29, 1.82) is 0 Å². The first-order valence-corrected chi connectivity index (χ1v) is 13.2. The van der Waals surface area contributed by atoms with Crippen LogP contribution >= 0.6 is 0 Å². The summed E-state index contributed by atoms with van der Waals surface area (Å²) < 4.78 is 17.5. The lowest BCUT2D eigenvalue weighted by Gasteiger charge is -2.32. The standard InChI is InChI=1S/C26H44BN5O5/c1-17(2)32(22-28-13-20(14-29-22)27-36-25(7,8)26(9,10)37-27)16-19-11-12-31(15-19)21(33)18(3)30-23(34)35-24(4,5)6/h13-14,17-19H,11-12,15-16H2,1-10H3,(H,30,34)/t18-,19+/m1/s1. The fourth-order valence-electron chi connectivity index (χ4n) is 4.38. The minimum Gasteiger partial charge on any atom is -0.444 e. The molecule has 2 aliphatic rings. The maximum absolute atomic E-state index is 12.9. The monoisotopic (exact) mass is 517 g/mol. The Bertz CT molecular complexity index is 947. The van der Waals surface area contributed by atoms with Gasteiger partial charge in [-0.25, -0.2) is 14.8 Å². The Labute approximate surface area is 222 Å². The van der Waals surface area contributed by atoms with Crippen LogP contribution in [0.5, 0.6) is 0 Å². The second-order valence-corrected chi connectivity index (χ2v) is 12.5. The fraction of sp³-hybridized carbons (Fsp3) is 0.769. The van der Waals surface area contributed by atoms with E-state index in [1.165, 1.54) is 0 Å². The van der Waals surface area contributed by atoms with E-state index in [0.717, 1.165) is 18.4 Å². The molecule has 10 nitrogen and oxygen atoms in total. The van der Waals surface area contributed by atoms with E-state index in [0.29, 0.717) is 19.0 Å². The summed E-state index contributed by atoms with van der Waals surface area (Å²) in [6.45, 7) is 21.4. The van der Waals surface area contributed by atoms with Gasteiger partial charge in [0.25, 0.3) is 0 Å². The lowest BCUT2D eigenvalue weighted by molar-refractivity contribution is -0.132. The van der Waals surface area contributed by atoms with Crippen LogP contribution in [-0.2, 0) is 18.8 Å². The van der Waals surface area contributed by atoms with E-state index in [-0.39, 0.29) is 17.9 Å².